The van der Waals surface area contributed by atoms with Crippen LogP contribution in [0.4, 0.5) is 14.5 Å². The van der Waals surface area contributed by atoms with E-state index in [9.17, 15) is 13.6 Å². The van der Waals surface area contributed by atoms with Gasteiger partial charge < -0.3 is 5.32 Å². The molecule has 5 nitrogen and oxygen atoms in total. The van der Waals surface area contributed by atoms with Crippen molar-refractivity contribution in [2.75, 3.05) is 5.32 Å². The van der Waals surface area contributed by atoms with Crippen LogP contribution in [-0.2, 0) is 4.79 Å². The molecule has 0 saturated heterocycles. The van der Waals surface area contributed by atoms with Crippen LogP contribution in [0.25, 0.3) is 0 Å². The summed E-state index contributed by atoms with van der Waals surface area (Å²) in [5.41, 5.74) is -0.0589. The highest BCUT2D eigenvalue weighted by atomic mass is 32.2. The molecular formula is C11H10F2N4OS. The number of aromatic nitrogens is 3. The first-order valence-corrected chi connectivity index (χ1v) is 6.22. The Kier molecular flexibility index (Phi) is 4.10. The summed E-state index contributed by atoms with van der Waals surface area (Å²) in [7, 11) is 0. The average molecular weight is 284 g/mol. The van der Waals surface area contributed by atoms with Gasteiger partial charge in [0.2, 0.25) is 5.91 Å². The molecular weight excluding hydrogens is 274 g/mol. The number of aromatic amines is 1. The van der Waals surface area contributed by atoms with Gasteiger partial charge in [-0.3, -0.25) is 9.89 Å². The number of carbonyl (C=O) groups excluding carboxylic acids is 1. The van der Waals surface area contributed by atoms with Gasteiger partial charge in [-0.05, 0) is 19.1 Å². The number of H-pyrrole nitrogens is 1. The number of hydrogen-bond donors (Lipinski definition) is 2. The molecule has 1 unspecified atom stereocenters. The number of hydrogen-bond acceptors (Lipinski definition) is 4. The molecule has 0 bridgehead atoms. The Bertz CT molecular complexity index is 576. The fourth-order valence-electron chi connectivity index (χ4n) is 1.30. The van der Waals surface area contributed by atoms with Gasteiger partial charge in [0.25, 0.3) is 0 Å². The molecule has 0 radical (unpaired) electrons. The van der Waals surface area contributed by atoms with Crippen molar-refractivity contribution in [3.05, 3.63) is 36.2 Å². The van der Waals surface area contributed by atoms with Gasteiger partial charge in [-0.25, -0.2) is 13.8 Å². The number of nitrogens with one attached hydrogen (secondary N) is 2. The van der Waals surface area contributed by atoms with Gasteiger partial charge in [0.15, 0.2) is 5.16 Å². The van der Waals surface area contributed by atoms with Crippen molar-refractivity contribution >= 4 is 23.4 Å². The number of nitrogens with zero attached hydrogens (tertiary/aromatic N) is 2. The molecule has 0 saturated carbocycles. The number of halogens is 2. The van der Waals surface area contributed by atoms with Crippen molar-refractivity contribution in [3.8, 4) is 0 Å². The number of benzene rings is 1. The lowest BCUT2D eigenvalue weighted by molar-refractivity contribution is -0.115. The second kappa shape index (κ2) is 5.79. The fraction of sp³-hybridized carbons (Fsp3) is 0.182. The summed E-state index contributed by atoms with van der Waals surface area (Å²) >= 11 is 1.15. The lowest BCUT2D eigenvalue weighted by atomic mass is 10.3. The molecule has 1 aromatic carbocycles. The summed E-state index contributed by atoms with van der Waals surface area (Å²) in [5.74, 6) is -1.92. The van der Waals surface area contributed by atoms with Crippen LogP contribution in [0.3, 0.4) is 0 Å². The molecule has 0 fully saturated rings. The Hall–Kier alpha value is -1.96. The van der Waals surface area contributed by atoms with Crippen molar-refractivity contribution in [2.24, 2.45) is 0 Å². The van der Waals surface area contributed by atoms with Crippen molar-refractivity contribution < 1.29 is 13.6 Å². The van der Waals surface area contributed by atoms with Crippen molar-refractivity contribution in [1.82, 2.24) is 15.2 Å². The molecule has 0 aliphatic heterocycles. The van der Waals surface area contributed by atoms with E-state index >= 15 is 0 Å². The highest BCUT2D eigenvalue weighted by Crippen LogP contribution is 2.21. The SMILES string of the molecule is CC(Sc1ncn[nH]1)C(=O)Nc1ccc(F)cc1F. The number of carbonyl (C=O) groups is 1. The Labute approximate surface area is 111 Å². The van der Waals surface area contributed by atoms with Crippen LogP contribution in [0, 0.1) is 11.6 Å². The van der Waals surface area contributed by atoms with Crippen LogP contribution >= 0.6 is 11.8 Å². The first-order valence-electron chi connectivity index (χ1n) is 5.34. The van der Waals surface area contributed by atoms with E-state index in [-0.39, 0.29) is 5.69 Å². The zero-order valence-corrected chi connectivity index (χ0v) is 10.7. The van der Waals surface area contributed by atoms with Crippen LogP contribution in [0.1, 0.15) is 6.92 Å². The Morgan fingerprint density at radius 2 is 2.26 bits per heavy atom. The summed E-state index contributed by atoms with van der Waals surface area (Å²) < 4.78 is 26.1. The van der Waals surface area contributed by atoms with Crippen LogP contribution in [0.2, 0.25) is 0 Å². The molecule has 1 aromatic heterocycles. The quantitative estimate of drug-likeness (QED) is 0.844. The van der Waals surface area contributed by atoms with E-state index in [0.29, 0.717) is 11.2 Å². The molecule has 0 spiro atoms. The highest BCUT2D eigenvalue weighted by Gasteiger charge is 2.17. The number of amides is 1. The summed E-state index contributed by atoms with van der Waals surface area (Å²) in [6, 6.07) is 2.96. The van der Waals surface area contributed by atoms with Gasteiger partial charge in [-0.1, -0.05) is 11.8 Å². The Balaban J connectivity index is 2.00. The number of thioether (sulfide) groups is 1. The van der Waals surface area contributed by atoms with Crippen molar-refractivity contribution in [1.29, 1.82) is 0 Å². The minimum Gasteiger partial charge on any atom is -0.323 e. The van der Waals surface area contributed by atoms with Gasteiger partial charge in [-0.15, -0.1) is 0 Å². The summed E-state index contributed by atoms with van der Waals surface area (Å²) in [5, 5.41) is 8.63. The van der Waals surface area contributed by atoms with E-state index in [1.165, 1.54) is 12.4 Å². The maximum Gasteiger partial charge on any atom is 0.237 e. The Morgan fingerprint density at radius 1 is 1.47 bits per heavy atom. The average Bonchev–Trinajstić information content (AvgIpc) is 2.85. The van der Waals surface area contributed by atoms with Gasteiger partial charge >= 0.3 is 0 Å². The molecule has 2 rings (SSSR count). The smallest absolute Gasteiger partial charge is 0.237 e. The largest absolute Gasteiger partial charge is 0.323 e. The van der Waals surface area contributed by atoms with Gasteiger partial charge in [-0.2, -0.15) is 5.10 Å². The second-order valence-electron chi connectivity index (χ2n) is 3.66. The van der Waals surface area contributed by atoms with E-state index in [1.807, 2.05) is 0 Å². The monoisotopic (exact) mass is 284 g/mol. The maximum atomic E-state index is 13.4. The molecule has 1 atom stereocenters. The summed E-state index contributed by atoms with van der Waals surface area (Å²) in [6.07, 6.45) is 1.33. The molecule has 2 N–H and O–H groups in total. The lowest BCUT2D eigenvalue weighted by Crippen LogP contribution is -2.23. The van der Waals surface area contributed by atoms with Crippen molar-refractivity contribution in [3.63, 3.8) is 0 Å². The highest BCUT2D eigenvalue weighted by molar-refractivity contribution is 8.00. The lowest BCUT2D eigenvalue weighted by Gasteiger charge is -2.10. The zero-order chi connectivity index (χ0) is 13.8. The van der Waals surface area contributed by atoms with E-state index in [1.54, 1.807) is 6.92 Å². The van der Waals surface area contributed by atoms with Crippen LogP contribution in [0.15, 0.2) is 29.7 Å². The van der Waals surface area contributed by atoms with Gasteiger partial charge in [0.1, 0.15) is 18.0 Å². The predicted octanol–water partition coefficient (Wildman–Crippen LogP) is 2.20. The number of rotatable bonds is 4. The Morgan fingerprint density at radius 3 is 2.89 bits per heavy atom. The zero-order valence-electron chi connectivity index (χ0n) is 9.85. The molecule has 1 amide bonds. The van der Waals surface area contributed by atoms with Crippen molar-refractivity contribution in [2.45, 2.75) is 17.3 Å². The molecule has 100 valence electrons. The first-order chi connectivity index (χ1) is 9.06. The third kappa shape index (κ3) is 3.50. The third-order valence-corrected chi connectivity index (χ3v) is 3.23. The molecule has 2 aromatic rings. The van der Waals surface area contributed by atoms with Gasteiger partial charge in [0.05, 0.1) is 10.9 Å². The predicted molar refractivity (Wildman–Crippen MR) is 66.7 cm³/mol. The van der Waals surface area contributed by atoms with E-state index in [2.05, 4.69) is 20.5 Å². The molecule has 0 aliphatic carbocycles. The molecule has 8 heteroatoms. The third-order valence-electron chi connectivity index (χ3n) is 2.24. The van der Waals surface area contributed by atoms with E-state index < -0.39 is 22.8 Å². The minimum atomic E-state index is -0.815. The molecule has 19 heavy (non-hydrogen) atoms. The van der Waals surface area contributed by atoms with E-state index in [4.69, 9.17) is 0 Å². The van der Waals surface area contributed by atoms with Crippen LogP contribution in [0.5, 0.6) is 0 Å². The second-order valence-corrected chi connectivity index (χ2v) is 4.99. The van der Waals surface area contributed by atoms with Gasteiger partial charge in [0, 0.05) is 6.07 Å². The van der Waals surface area contributed by atoms with E-state index in [0.717, 1.165) is 17.8 Å². The van der Waals surface area contributed by atoms with Crippen LogP contribution in [-0.4, -0.2) is 26.3 Å². The summed E-state index contributed by atoms with van der Waals surface area (Å²) in [6.45, 7) is 1.64. The molecule has 0 aliphatic rings. The first kappa shape index (κ1) is 13.5. The fourth-order valence-corrected chi connectivity index (χ4v) is 2.01. The normalized spacial score (nSPS) is 12.2. The topological polar surface area (TPSA) is 70.7 Å². The minimum absolute atomic E-state index is 0.0589. The maximum absolute atomic E-state index is 13.4. The van der Waals surface area contributed by atoms with Crippen LogP contribution < -0.4 is 5.32 Å². The number of anilines is 1. The summed E-state index contributed by atoms with van der Waals surface area (Å²) in [4.78, 5) is 15.7. The standard InChI is InChI=1S/C11H10F2N4OS/c1-6(19-11-14-5-15-17-11)10(18)16-9-3-2-7(12)4-8(9)13/h2-6H,1H3,(H,16,18)(H,14,15,17). The molecule has 1 heterocycles.